The van der Waals surface area contributed by atoms with E-state index in [2.05, 4.69) is 34.7 Å². The summed E-state index contributed by atoms with van der Waals surface area (Å²) in [6.07, 6.45) is 4.11. The number of aliphatic imine (C=N–C) groups is 1. The Balaban J connectivity index is 1.56. The minimum atomic E-state index is 0.201. The van der Waals surface area contributed by atoms with Crippen LogP contribution >= 0.6 is 11.8 Å². The van der Waals surface area contributed by atoms with Gasteiger partial charge < -0.3 is 5.43 Å². The van der Waals surface area contributed by atoms with E-state index in [-0.39, 0.29) is 6.04 Å². The third-order valence-electron chi connectivity index (χ3n) is 3.90. The van der Waals surface area contributed by atoms with Crippen LogP contribution in [0.25, 0.3) is 0 Å². The second kappa shape index (κ2) is 5.82. The molecule has 0 fully saturated rings. The van der Waals surface area contributed by atoms with Gasteiger partial charge in [-0.2, -0.15) is 5.26 Å². The summed E-state index contributed by atoms with van der Waals surface area (Å²) in [6.45, 7) is 0. The van der Waals surface area contributed by atoms with Crippen molar-refractivity contribution in [2.45, 2.75) is 11.8 Å². The fourth-order valence-corrected chi connectivity index (χ4v) is 3.68. The molecule has 2 aliphatic heterocycles. The van der Waals surface area contributed by atoms with E-state index in [1.165, 1.54) is 11.1 Å². The molecular weight excluding hydrogens is 304 g/mol. The van der Waals surface area contributed by atoms with Gasteiger partial charge in [-0.25, -0.2) is 4.99 Å². The normalized spacial score (nSPS) is 17.8. The molecule has 0 spiro atoms. The lowest BCUT2D eigenvalue weighted by Crippen LogP contribution is -2.38. The lowest BCUT2D eigenvalue weighted by molar-refractivity contribution is 0.340. The van der Waals surface area contributed by atoms with E-state index >= 15 is 0 Å². The fourth-order valence-electron chi connectivity index (χ4n) is 2.72. The highest BCUT2D eigenvalue weighted by molar-refractivity contribution is 8.13. The molecule has 5 heteroatoms. The third-order valence-corrected chi connectivity index (χ3v) is 4.92. The second-order valence-electron chi connectivity index (χ2n) is 5.35. The first-order chi connectivity index (χ1) is 11.3. The van der Waals surface area contributed by atoms with Crippen molar-refractivity contribution in [1.82, 2.24) is 10.4 Å². The van der Waals surface area contributed by atoms with Gasteiger partial charge in [0.05, 0.1) is 23.4 Å². The van der Waals surface area contributed by atoms with Gasteiger partial charge in [0.15, 0.2) is 5.17 Å². The van der Waals surface area contributed by atoms with Crippen molar-refractivity contribution >= 4 is 22.6 Å². The molecule has 0 radical (unpaired) electrons. The second-order valence-corrected chi connectivity index (χ2v) is 6.30. The Kier molecular flexibility index (Phi) is 3.52. The molecule has 2 aromatic rings. The quantitative estimate of drug-likeness (QED) is 0.913. The van der Waals surface area contributed by atoms with E-state index < -0.39 is 0 Å². The van der Waals surface area contributed by atoms with Crippen LogP contribution in [0.3, 0.4) is 0 Å². The molecule has 4 nitrogen and oxygen atoms in total. The number of benzene rings is 2. The van der Waals surface area contributed by atoms with Crippen LogP contribution in [0.15, 0.2) is 65.8 Å². The van der Waals surface area contributed by atoms with Gasteiger partial charge in [0.1, 0.15) is 0 Å². The molecule has 0 saturated carbocycles. The number of nitriles is 1. The lowest BCUT2D eigenvalue weighted by Gasteiger charge is -2.31. The fraction of sp³-hybridized carbons (Fsp3) is 0.111. The molecule has 2 aliphatic rings. The van der Waals surface area contributed by atoms with Crippen molar-refractivity contribution < 1.29 is 0 Å². The van der Waals surface area contributed by atoms with Crippen LogP contribution in [0.4, 0.5) is 5.69 Å². The molecule has 0 saturated heterocycles. The van der Waals surface area contributed by atoms with Gasteiger partial charge in [-0.05, 0) is 29.8 Å². The summed E-state index contributed by atoms with van der Waals surface area (Å²) in [5.74, 6) is 0.817. The average molecular weight is 318 g/mol. The van der Waals surface area contributed by atoms with Crippen molar-refractivity contribution in [2.75, 3.05) is 0 Å². The van der Waals surface area contributed by atoms with Crippen LogP contribution in [-0.4, -0.2) is 10.2 Å². The maximum absolute atomic E-state index is 8.86. The van der Waals surface area contributed by atoms with Crippen molar-refractivity contribution in [3.05, 3.63) is 77.5 Å². The number of rotatable bonds is 2. The highest BCUT2D eigenvalue weighted by atomic mass is 32.2. The Bertz CT molecular complexity index is 833. The molecule has 2 aromatic carbocycles. The van der Waals surface area contributed by atoms with Crippen LogP contribution in [-0.2, 0) is 5.75 Å². The van der Waals surface area contributed by atoms with Gasteiger partial charge in [0.25, 0.3) is 0 Å². The molecule has 0 bridgehead atoms. The number of fused-ring (bicyclic) bond motifs is 3. The third kappa shape index (κ3) is 2.58. The highest BCUT2D eigenvalue weighted by Crippen LogP contribution is 2.39. The molecule has 0 aliphatic carbocycles. The first kappa shape index (κ1) is 13.9. The molecule has 4 rings (SSSR count). The maximum Gasteiger partial charge on any atom is 0.184 e. The number of thioether (sulfide) groups is 1. The van der Waals surface area contributed by atoms with Crippen LogP contribution < -0.4 is 5.43 Å². The van der Waals surface area contributed by atoms with E-state index in [0.717, 1.165) is 16.6 Å². The smallest absolute Gasteiger partial charge is 0.184 e. The van der Waals surface area contributed by atoms with Crippen LogP contribution in [0.5, 0.6) is 0 Å². The molecule has 0 aromatic heterocycles. The van der Waals surface area contributed by atoms with Crippen molar-refractivity contribution in [2.24, 2.45) is 4.99 Å². The minimum Gasteiger partial charge on any atom is -0.303 e. The number of hydrogen-bond acceptors (Lipinski definition) is 5. The first-order valence-electron chi connectivity index (χ1n) is 7.37. The summed E-state index contributed by atoms with van der Waals surface area (Å²) >= 11 is 1.69. The zero-order valence-electron chi connectivity index (χ0n) is 12.3. The number of hydrazine groups is 1. The first-order valence-corrected chi connectivity index (χ1v) is 8.35. The zero-order valence-corrected chi connectivity index (χ0v) is 13.1. The summed E-state index contributed by atoms with van der Waals surface area (Å²) in [5, 5.41) is 11.9. The minimum absolute atomic E-state index is 0.201. The number of nitrogens with one attached hydrogen (secondary N) is 1. The topological polar surface area (TPSA) is 51.4 Å². The van der Waals surface area contributed by atoms with Crippen LogP contribution in [0, 0.1) is 11.3 Å². The lowest BCUT2D eigenvalue weighted by atomic mass is 10.0. The molecule has 1 atom stereocenters. The van der Waals surface area contributed by atoms with Crippen molar-refractivity contribution in [3.63, 3.8) is 0 Å². The molecule has 1 N–H and O–H groups in total. The Labute approximate surface area is 139 Å². The van der Waals surface area contributed by atoms with Crippen molar-refractivity contribution in [3.8, 4) is 6.07 Å². The van der Waals surface area contributed by atoms with Gasteiger partial charge in [-0.15, -0.1) is 0 Å². The summed E-state index contributed by atoms with van der Waals surface area (Å²) in [4.78, 5) is 4.79. The average Bonchev–Trinajstić information content (AvgIpc) is 3.10. The van der Waals surface area contributed by atoms with Crippen LogP contribution in [0.2, 0.25) is 0 Å². The Morgan fingerprint density at radius 3 is 2.83 bits per heavy atom. The number of nitrogens with zero attached hydrogens (tertiary/aromatic N) is 3. The summed E-state index contributed by atoms with van der Waals surface area (Å²) in [6, 6.07) is 18.3. The molecular formula is C18H14N4S. The predicted molar refractivity (Wildman–Crippen MR) is 92.8 cm³/mol. The Hall–Kier alpha value is -2.71. The summed E-state index contributed by atoms with van der Waals surface area (Å²) < 4.78 is 0. The Morgan fingerprint density at radius 1 is 1.17 bits per heavy atom. The summed E-state index contributed by atoms with van der Waals surface area (Å²) in [7, 11) is 0. The van der Waals surface area contributed by atoms with Gasteiger partial charge in [0.2, 0.25) is 0 Å². The van der Waals surface area contributed by atoms with Gasteiger partial charge >= 0.3 is 0 Å². The van der Waals surface area contributed by atoms with Gasteiger partial charge in [0, 0.05) is 17.5 Å². The zero-order chi connectivity index (χ0) is 15.6. The van der Waals surface area contributed by atoms with E-state index in [4.69, 9.17) is 10.3 Å². The molecule has 23 heavy (non-hydrogen) atoms. The number of para-hydroxylation sites is 1. The van der Waals surface area contributed by atoms with E-state index in [0.29, 0.717) is 5.56 Å². The SMILES string of the molecule is N#Cc1ccc(CSC2=Nc3ccccc3[C@@H]3C=CNN23)cc1. The number of hydrogen-bond donors (Lipinski definition) is 1. The van der Waals surface area contributed by atoms with Crippen LogP contribution in [0.1, 0.15) is 22.7 Å². The molecule has 0 amide bonds. The monoisotopic (exact) mass is 318 g/mol. The van der Waals surface area contributed by atoms with E-state index in [9.17, 15) is 0 Å². The highest BCUT2D eigenvalue weighted by Gasteiger charge is 2.30. The van der Waals surface area contributed by atoms with Gasteiger partial charge in [-0.3, -0.25) is 5.01 Å². The van der Waals surface area contributed by atoms with Crippen molar-refractivity contribution in [1.29, 1.82) is 5.26 Å². The predicted octanol–water partition coefficient (Wildman–Crippen LogP) is 3.87. The van der Waals surface area contributed by atoms with Gasteiger partial charge in [-0.1, -0.05) is 42.1 Å². The van der Waals surface area contributed by atoms with E-state index in [1.54, 1.807) is 11.8 Å². The molecule has 0 unspecified atom stereocenters. The maximum atomic E-state index is 8.86. The number of amidine groups is 1. The van der Waals surface area contributed by atoms with E-state index in [1.807, 2.05) is 42.6 Å². The Morgan fingerprint density at radius 2 is 2.00 bits per heavy atom. The molecule has 112 valence electrons. The summed E-state index contributed by atoms with van der Waals surface area (Å²) in [5.41, 5.74) is 7.38. The molecule has 2 heterocycles. The standard InChI is InChI=1S/C18H14N4S/c19-11-13-5-7-14(8-6-13)12-23-18-21-16-4-2-1-3-15(16)17-9-10-20-22(17)18/h1-10,17,20H,12H2/t17-/m0/s1. The largest absolute Gasteiger partial charge is 0.303 e.